The van der Waals surface area contributed by atoms with E-state index in [2.05, 4.69) is 4.74 Å². The molecule has 0 heterocycles. The van der Waals surface area contributed by atoms with E-state index in [4.69, 9.17) is 11.6 Å². The Balaban J connectivity index is 2.77. The van der Waals surface area contributed by atoms with Crippen molar-refractivity contribution in [2.45, 2.75) is 26.4 Å². The Morgan fingerprint density at radius 3 is 2.71 bits per heavy atom. The first-order valence-electron chi connectivity index (χ1n) is 5.46. The summed E-state index contributed by atoms with van der Waals surface area (Å²) in [7, 11) is 1.34. The van der Waals surface area contributed by atoms with Gasteiger partial charge in [-0.1, -0.05) is 30.7 Å². The molecule has 0 amide bonds. The van der Waals surface area contributed by atoms with Gasteiger partial charge in [-0.2, -0.15) is 0 Å². The highest BCUT2D eigenvalue weighted by atomic mass is 35.5. The average molecular weight is 257 g/mol. The first kappa shape index (κ1) is 14.0. The number of hydrogen-bond donors (Lipinski definition) is 1. The zero-order chi connectivity index (χ0) is 13.0. The summed E-state index contributed by atoms with van der Waals surface area (Å²) in [6.45, 7) is 3.70. The molecule has 2 unspecified atom stereocenters. The number of benzene rings is 1. The van der Waals surface area contributed by atoms with Crippen LogP contribution in [0.5, 0.6) is 0 Å². The van der Waals surface area contributed by atoms with Gasteiger partial charge in [0.1, 0.15) is 0 Å². The van der Waals surface area contributed by atoms with Gasteiger partial charge in [-0.25, -0.2) is 0 Å². The number of halogens is 1. The lowest BCUT2D eigenvalue weighted by Crippen LogP contribution is -2.15. The standard InChI is InChI=1S/C13H17ClO3/c1-8-4-5-10(7-11(8)14)13(16)9(2)6-12(15)17-3/h4-5,7,9,13,16H,6H2,1-3H3. The molecule has 94 valence electrons. The fourth-order valence-corrected chi connectivity index (χ4v) is 1.77. The maximum atomic E-state index is 11.1. The highest BCUT2D eigenvalue weighted by molar-refractivity contribution is 6.31. The first-order chi connectivity index (χ1) is 7.95. The Hall–Kier alpha value is -1.06. The fraction of sp³-hybridized carbons (Fsp3) is 0.462. The molecule has 0 aromatic heterocycles. The van der Waals surface area contributed by atoms with Crippen molar-refractivity contribution in [2.75, 3.05) is 7.11 Å². The average Bonchev–Trinajstić information content (AvgIpc) is 2.31. The van der Waals surface area contributed by atoms with Crippen molar-refractivity contribution in [1.82, 2.24) is 0 Å². The second-order valence-corrected chi connectivity index (χ2v) is 4.62. The molecule has 0 aliphatic rings. The summed E-state index contributed by atoms with van der Waals surface area (Å²) in [5.74, 6) is -0.531. The van der Waals surface area contributed by atoms with Gasteiger partial charge in [0.2, 0.25) is 0 Å². The quantitative estimate of drug-likeness (QED) is 0.843. The first-order valence-corrected chi connectivity index (χ1v) is 5.84. The van der Waals surface area contributed by atoms with Crippen molar-refractivity contribution in [3.05, 3.63) is 34.3 Å². The molecule has 17 heavy (non-hydrogen) atoms. The van der Waals surface area contributed by atoms with Crippen molar-refractivity contribution in [2.24, 2.45) is 5.92 Å². The lowest BCUT2D eigenvalue weighted by Gasteiger charge is -2.18. The summed E-state index contributed by atoms with van der Waals surface area (Å²) in [6, 6.07) is 5.40. The summed E-state index contributed by atoms with van der Waals surface area (Å²) in [4.78, 5) is 11.1. The van der Waals surface area contributed by atoms with Crippen LogP contribution in [0.4, 0.5) is 0 Å². The minimum Gasteiger partial charge on any atom is -0.469 e. The van der Waals surface area contributed by atoms with E-state index in [1.165, 1.54) is 7.11 Å². The number of ether oxygens (including phenoxy) is 1. The van der Waals surface area contributed by atoms with E-state index < -0.39 is 6.10 Å². The smallest absolute Gasteiger partial charge is 0.305 e. The van der Waals surface area contributed by atoms with Gasteiger partial charge < -0.3 is 9.84 Å². The van der Waals surface area contributed by atoms with E-state index in [1.807, 2.05) is 19.1 Å². The molecular formula is C13H17ClO3. The third-order valence-corrected chi connectivity index (χ3v) is 3.20. The Bertz CT molecular complexity index is 404. The van der Waals surface area contributed by atoms with Crippen molar-refractivity contribution >= 4 is 17.6 Å². The topological polar surface area (TPSA) is 46.5 Å². The number of aliphatic hydroxyl groups is 1. The number of hydrogen-bond acceptors (Lipinski definition) is 3. The van der Waals surface area contributed by atoms with Gasteiger partial charge in [0.15, 0.2) is 0 Å². The van der Waals surface area contributed by atoms with Crippen LogP contribution >= 0.6 is 11.6 Å². The summed E-state index contributed by atoms with van der Waals surface area (Å²) < 4.78 is 4.57. The molecule has 0 spiro atoms. The van der Waals surface area contributed by atoms with Gasteiger partial charge >= 0.3 is 5.97 Å². The highest BCUT2D eigenvalue weighted by Crippen LogP contribution is 2.27. The third-order valence-electron chi connectivity index (χ3n) is 2.79. The third kappa shape index (κ3) is 3.72. The van der Waals surface area contributed by atoms with Gasteiger partial charge in [-0.05, 0) is 30.0 Å². The minimum absolute atomic E-state index is 0.184. The van der Waals surface area contributed by atoms with E-state index in [9.17, 15) is 9.90 Å². The predicted molar refractivity (Wildman–Crippen MR) is 66.9 cm³/mol. The van der Waals surface area contributed by atoms with E-state index >= 15 is 0 Å². The molecule has 0 radical (unpaired) electrons. The number of carbonyl (C=O) groups is 1. The molecule has 0 aliphatic carbocycles. The van der Waals surface area contributed by atoms with Crippen LogP contribution in [0.3, 0.4) is 0 Å². The summed E-state index contributed by atoms with van der Waals surface area (Å²) in [5.41, 5.74) is 1.68. The van der Waals surface area contributed by atoms with Crippen LogP contribution in [0.2, 0.25) is 5.02 Å². The van der Waals surface area contributed by atoms with Gasteiger partial charge in [0.25, 0.3) is 0 Å². The van der Waals surface area contributed by atoms with Crippen LogP contribution in [-0.4, -0.2) is 18.2 Å². The number of carbonyl (C=O) groups excluding carboxylic acids is 1. The maximum absolute atomic E-state index is 11.1. The molecule has 1 aromatic rings. The van der Waals surface area contributed by atoms with E-state index in [1.54, 1.807) is 13.0 Å². The molecule has 0 fully saturated rings. The molecule has 2 atom stereocenters. The predicted octanol–water partition coefficient (Wildman–Crippen LogP) is 2.88. The van der Waals surface area contributed by atoms with E-state index in [0.29, 0.717) is 5.02 Å². The van der Waals surface area contributed by atoms with Crippen LogP contribution < -0.4 is 0 Å². The van der Waals surface area contributed by atoms with Crippen LogP contribution in [0.25, 0.3) is 0 Å². The molecular weight excluding hydrogens is 240 g/mol. The highest BCUT2D eigenvalue weighted by Gasteiger charge is 2.20. The van der Waals surface area contributed by atoms with Crippen molar-refractivity contribution < 1.29 is 14.6 Å². The Morgan fingerprint density at radius 2 is 2.18 bits per heavy atom. The Labute approximate surface area is 106 Å². The maximum Gasteiger partial charge on any atom is 0.305 e. The zero-order valence-corrected chi connectivity index (χ0v) is 11.0. The lowest BCUT2D eigenvalue weighted by molar-refractivity contribution is -0.142. The van der Waals surface area contributed by atoms with Crippen LogP contribution in [0, 0.1) is 12.8 Å². The van der Waals surface area contributed by atoms with Crippen LogP contribution in [-0.2, 0) is 9.53 Å². The normalized spacial score (nSPS) is 14.2. The van der Waals surface area contributed by atoms with Crippen LogP contribution in [0.1, 0.15) is 30.6 Å². The second-order valence-electron chi connectivity index (χ2n) is 4.21. The van der Waals surface area contributed by atoms with Crippen molar-refractivity contribution in [3.8, 4) is 0 Å². The van der Waals surface area contributed by atoms with Crippen molar-refractivity contribution in [3.63, 3.8) is 0 Å². The monoisotopic (exact) mass is 256 g/mol. The van der Waals surface area contributed by atoms with E-state index in [0.717, 1.165) is 11.1 Å². The fourth-order valence-electron chi connectivity index (χ4n) is 1.58. The molecule has 3 nitrogen and oxygen atoms in total. The van der Waals surface area contributed by atoms with Gasteiger partial charge in [-0.3, -0.25) is 4.79 Å². The molecule has 1 aromatic carbocycles. The summed E-state index contributed by atoms with van der Waals surface area (Å²) in [6.07, 6.45) is -0.532. The minimum atomic E-state index is -0.716. The number of aryl methyl sites for hydroxylation is 1. The molecule has 0 saturated heterocycles. The van der Waals surface area contributed by atoms with Gasteiger partial charge in [0.05, 0.1) is 19.6 Å². The number of aliphatic hydroxyl groups excluding tert-OH is 1. The molecule has 1 N–H and O–H groups in total. The second kappa shape index (κ2) is 6.03. The van der Waals surface area contributed by atoms with Crippen LogP contribution in [0.15, 0.2) is 18.2 Å². The Morgan fingerprint density at radius 1 is 1.53 bits per heavy atom. The molecule has 0 aliphatic heterocycles. The Kier molecular flexibility index (Phi) is 4.97. The molecule has 4 heteroatoms. The van der Waals surface area contributed by atoms with Gasteiger partial charge in [-0.15, -0.1) is 0 Å². The molecule has 0 bridgehead atoms. The molecule has 0 saturated carbocycles. The van der Waals surface area contributed by atoms with E-state index in [-0.39, 0.29) is 18.3 Å². The SMILES string of the molecule is COC(=O)CC(C)C(O)c1ccc(C)c(Cl)c1. The van der Waals surface area contributed by atoms with Crippen molar-refractivity contribution in [1.29, 1.82) is 0 Å². The largest absolute Gasteiger partial charge is 0.469 e. The zero-order valence-electron chi connectivity index (χ0n) is 10.2. The number of methoxy groups -OCH3 is 1. The van der Waals surface area contributed by atoms with Gasteiger partial charge in [0, 0.05) is 5.02 Å². The number of rotatable bonds is 4. The summed E-state index contributed by atoms with van der Waals surface area (Å²) >= 11 is 5.99. The molecule has 1 rings (SSSR count). The number of esters is 1. The summed E-state index contributed by atoms with van der Waals surface area (Å²) in [5, 5.41) is 10.7. The lowest BCUT2D eigenvalue weighted by atomic mass is 9.94.